The number of rotatable bonds is 3. The van der Waals surface area contributed by atoms with Crippen molar-refractivity contribution in [1.29, 1.82) is 0 Å². The first-order chi connectivity index (χ1) is 2.91. The van der Waals surface area contributed by atoms with E-state index in [1.54, 1.807) is 7.11 Å². The van der Waals surface area contributed by atoms with Gasteiger partial charge in [-0.15, -0.1) is 0 Å². The fraction of sp³-hybridized carbons (Fsp3) is 1.00. The summed E-state index contributed by atoms with van der Waals surface area (Å²) >= 11 is 0.823. The smallest absolute Gasteiger partial charge is 0.410 e. The van der Waals surface area contributed by atoms with Gasteiger partial charge in [0.05, 0.1) is 6.61 Å². The highest BCUT2D eigenvalue weighted by Crippen LogP contribution is 1.64. The Morgan fingerprint density at radius 1 is 1.43 bits per heavy atom. The zero-order valence-electron chi connectivity index (χ0n) is 4.23. The average molecular weight is 134 g/mol. The molecule has 0 atom stereocenters. The third kappa shape index (κ3) is 10.9. The van der Waals surface area contributed by atoms with E-state index in [2.05, 4.69) is 4.74 Å². The van der Waals surface area contributed by atoms with E-state index in [0.717, 1.165) is 29.8 Å². The molecule has 0 unspecified atom stereocenters. The molecule has 0 spiro atoms. The third-order valence-electron chi connectivity index (χ3n) is 0.492. The minimum absolute atomic E-state index is 0. The van der Waals surface area contributed by atoms with Crippen molar-refractivity contribution in [2.45, 2.75) is 0 Å². The van der Waals surface area contributed by atoms with Crippen molar-refractivity contribution in [2.75, 3.05) is 20.3 Å². The van der Waals surface area contributed by atoms with Gasteiger partial charge in [-0.05, 0) is 0 Å². The molecule has 0 saturated heterocycles. The normalized spacial score (nSPS) is 7.57. The van der Waals surface area contributed by atoms with E-state index in [1.165, 1.54) is 0 Å². The van der Waals surface area contributed by atoms with Crippen LogP contribution in [0.5, 0.6) is 0 Å². The highest BCUT2D eigenvalue weighted by Gasteiger charge is 1.73. The molecular weight excluding hydrogens is 122 g/mol. The third-order valence-corrected chi connectivity index (χ3v) is 0.900. The van der Waals surface area contributed by atoms with Gasteiger partial charge < -0.3 is 8.53 Å². The second-order valence-electron chi connectivity index (χ2n) is 0.986. The first kappa shape index (κ1) is 10.9. The van der Waals surface area contributed by atoms with E-state index in [0.29, 0.717) is 0 Å². The molecule has 0 N–H and O–H groups in total. The van der Waals surface area contributed by atoms with Crippen molar-refractivity contribution >= 4 is 34.0 Å². The summed E-state index contributed by atoms with van der Waals surface area (Å²) in [5.74, 6) is 0. The molecule has 0 aromatic rings. The largest absolute Gasteiger partial charge is 0.504 e. The highest BCUT2D eigenvalue weighted by molar-refractivity contribution is 5.97. The minimum atomic E-state index is 0. The van der Waals surface area contributed by atoms with Crippen LogP contribution in [0.4, 0.5) is 0 Å². The maximum atomic E-state index is 4.80. The molecule has 4 heteroatoms. The van der Waals surface area contributed by atoms with E-state index < -0.39 is 0 Å². The molecule has 0 amide bonds. The molecule has 0 radical (unpaired) electrons. The molecule has 0 saturated carbocycles. The molecule has 0 fully saturated rings. The molecule has 0 aromatic carbocycles. The molecule has 42 valence electrons. The zero-order valence-corrected chi connectivity index (χ0v) is 6.23. The summed E-state index contributed by atoms with van der Waals surface area (Å²) in [7, 11) is 1.67. The van der Waals surface area contributed by atoms with Crippen LogP contribution < -0.4 is 0 Å². The Hall–Kier alpha value is 0.985. The maximum Gasteiger partial charge on any atom is 0.410 e. The molecule has 0 rings (SSSR count). The van der Waals surface area contributed by atoms with E-state index in [4.69, 9.17) is 3.79 Å². The Morgan fingerprint density at radius 2 is 2.00 bits per heavy atom. The van der Waals surface area contributed by atoms with Crippen LogP contribution in [0.3, 0.4) is 0 Å². The van der Waals surface area contributed by atoms with Crippen molar-refractivity contribution < 1.29 is 8.53 Å². The predicted molar refractivity (Wildman–Crippen MR) is 36.3 cm³/mol. The first-order valence-corrected chi connectivity index (χ1v) is 2.71. The number of ether oxygens (including phenoxy) is 1. The lowest BCUT2D eigenvalue weighted by Crippen LogP contribution is -1.97. The van der Waals surface area contributed by atoms with Crippen molar-refractivity contribution in [1.82, 2.24) is 0 Å². The van der Waals surface area contributed by atoms with Crippen LogP contribution in [-0.4, -0.2) is 54.3 Å². The summed E-state index contributed by atoms with van der Waals surface area (Å²) in [6, 6.07) is 0. The van der Waals surface area contributed by atoms with Gasteiger partial charge in [-0.25, -0.2) is 0 Å². The van der Waals surface area contributed by atoms with Gasteiger partial charge in [-0.1, -0.05) is 0 Å². The Kier molecular flexibility index (Phi) is 15.6. The molecule has 2 nitrogen and oxygen atoms in total. The molecular formula is C3H12Al2O2. The van der Waals surface area contributed by atoms with Crippen LogP contribution in [0.1, 0.15) is 0 Å². The molecule has 0 bridgehead atoms. The first-order valence-electron chi connectivity index (χ1n) is 1.89. The van der Waals surface area contributed by atoms with Gasteiger partial charge in [0.1, 0.15) is 0 Å². The molecule has 0 aliphatic carbocycles. The Balaban J connectivity index is 0. The van der Waals surface area contributed by atoms with Crippen LogP contribution in [-0.2, 0) is 8.53 Å². The van der Waals surface area contributed by atoms with Gasteiger partial charge >= 0.3 is 16.6 Å². The van der Waals surface area contributed by atoms with Gasteiger partial charge in [-0.2, -0.15) is 0 Å². The van der Waals surface area contributed by atoms with Crippen molar-refractivity contribution in [2.24, 2.45) is 0 Å². The average Bonchev–Trinajstić information content (AvgIpc) is 1.61. The second-order valence-corrected chi connectivity index (χ2v) is 1.56. The molecule has 0 aliphatic heterocycles. The van der Waals surface area contributed by atoms with E-state index >= 15 is 0 Å². The number of hydrogen-bond donors (Lipinski definition) is 0. The zero-order chi connectivity index (χ0) is 4.83. The standard InChI is InChI=1S/C3H7O2.2Al.5H/c1-5-3-2-4;;;;;;;/h2-3H2,1H3;;;;;;;/q-1;;+1;;;;;. The van der Waals surface area contributed by atoms with E-state index in [1.807, 2.05) is 0 Å². The summed E-state index contributed by atoms with van der Waals surface area (Å²) in [4.78, 5) is 0. The van der Waals surface area contributed by atoms with Gasteiger partial charge in [0, 0.05) is 13.7 Å². The lowest BCUT2D eigenvalue weighted by molar-refractivity contribution is 0.152. The van der Waals surface area contributed by atoms with Gasteiger partial charge in [0.25, 0.3) is 0 Å². The van der Waals surface area contributed by atoms with Crippen molar-refractivity contribution in [3.8, 4) is 0 Å². The summed E-state index contributed by atoms with van der Waals surface area (Å²) < 4.78 is 9.48. The van der Waals surface area contributed by atoms with Gasteiger partial charge in [0.15, 0.2) is 17.4 Å². The SMILES string of the molecule is COCC[O][AlH2].[AlH3]. The summed E-state index contributed by atoms with van der Waals surface area (Å²) in [5.41, 5.74) is 0. The Bertz CT molecular complexity index is 22.9. The number of methoxy groups -OCH3 is 1. The second kappa shape index (κ2) is 10.1. The van der Waals surface area contributed by atoms with Crippen molar-refractivity contribution in [3.05, 3.63) is 0 Å². The molecule has 0 aromatic heterocycles. The van der Waals surface area contributed by atoms with Gasteiger partial charge in [-0.3, -0.25) is 0 Å². The molecule has 0 aliphatic rings. The van der Waals surface area contributed by atoms with E-state index in [9.17, 15) is 0 Å². The maximum absolute atomic E-state index is 4.80. The van der Waals surface area contributed by atoms with Crippen LogP contribution in [0.2, 0.25) is 0 Å². The fourth-order valence-corrected chi connectivity index (χ4v) is 0.333. The predicted octanol–water partition coefficient (Wildman–Crippen LogP) is -1.99. The van der Waals surface area contributed by atoms with Crippen LogP contribution >= 0.6 is 0 Å². The van der Waals surface area contributed by atoms with E-state index in [-0.39, 0.29) is 17.4 Å². The number of hydrogen-bond acceptors (Lipinski definition) is 2. The Morgan fingerprint density at radius 3 is 2.14 bits per heavy atom. The topological polar surface area (TPSA) is 18.5 Å². The molecule has 0 heterocycles. The summed E-state index contributed by atoms with van der Waals surface area (Å²) in [6.45, 7) is 1.48. The summed E-state index contributed by atoms with van der Waals surface area (Å²) in [6.07, 6.45) is 0. The highest BCUT2D eigenvalue weighted by atomic mass is 27.1. The Labute approximate surface area is 63.1 Å². The minimum Gasteiger partial charge on any atom is -0.504 e. The molecule has 7 heavy (non-hydrogen) atoms. The van der Waals surface area contributed by atoms with Crippen LogP contribution in [0, 0.1) is 0 Å². The lowest BCUT2D eigenvalue weighted by atomic mass is 10.8. The fourth-order valence-electron chi connectivity index (χ4n) is 0.167. The van der Waals surface area contributed by atoms with Crippen LogP contribution in [0.25, 0.3) is 0 Å². The monoisotopic (exact) mass is 134 g/mol. The summed E-state index contributed by atoms with van der Waals surface area (Å²) in [5, 5.41) is 0. The van der Waals surface area contributed by atoms with Crippen LogP contribution in [0.15, 0.2) is 0 Å². The van der Waals surface area contributed by atoms with Gasteiger partial charge in [0.2, 0.25) is 0 Å². The quantitative estimate of drug-likeness (QED) is 0.329. The lowest BCUT2D eigenvalue weighted by Gasteiger charge is -1.93. The van der Waals surface area contributed by atoms with Crippen molar-refractivity contribution in [3.63, 3.8) is 0 Å².